The summed E-state index contributed by atoms with van der Waals surface area (Å²) in [6, 6.07) is 0. The molecule has 5 rings (SSSR count). The van der Waals surface area contributed by atoms with E-state index in [0.29, 0.717) is 24.8 Å². The molecule has 0 radical (unpaired) electrons. The third-order valence-corrected chi connectivity index (χ3v) is 9.01. The monoisotopic (exact) mass is 570 g/mol. The minimum absolute atomic E-state index is 0.00355. The molecule has 224 valence electrons. The fourth-order valence-electron chi connectivity index (χ4n) is 6.62. The Labute approximate surface area is 230 Å². The molecule has 13 heteroatoms. The van der Waals surface area contributed by atoms with Crippen molar-refractivity contribution in [2.45, 2.75) is 92.9 Å². The van der Waals surface area contributed by atoms with E-state index in [9.17, 15) is 40.5 Å². The van der Waals surface area contributed by atoms with Crippen molar-refractivity contribution in [3.63, 3.8) is 0 Å². The summed E-state index contributed by atoms with van der Waals surface area (Å²) in [4.78, 5) is 12.1. The number of aliphatic hydroxyl groups excluding tert-OH is 7. The van der Waals surface area contributed by atoms with Crippen LogP contribution in [-0.4, -0.2) is 129 Å². The molecule has 0 amide bonds. The lowest BCUT2D eigenvalue weighted by molar-refractivity contribution is -0.361. The summed E-state index contributed by atoms with van der Waals surface area (Å²) in [6.45, 7) is 11.0. The SMILES string of the molecule is C=C1C(=O)O[C@H]2CC(=C)[C@@H]3C[C@H](O[C@@H]4O[C@H](CO)[C@@H](O[C@@H]5O[C@H](CO)[C@@H](O)[C@H](O)[C@H]5O)[C@H](O)[C@H]4O)C(=C)[C@@H]3C[C@H]12. The Bertz CT molecular complexity index is 1010. The van der Waals surface area contributed by atoms with Crippen molar-refractivity contribution in [3.05, 3.63) is 36.5 Å². The zero-order chi connectivity index (χ0) is 29.0. The first-order valence-electron chi connectivity index (χ1n) is 13.5. The van der Waals surface area contributed by atoms with Crippen LogP contribution >= 0.6 is 0 Å². The number of fused-ring (bicyclic) bond motifs is 2. The summed E-state index contributed by atoms with van der Waals surface area (Å²) in [5, 5.41) is 71.5. The van der Waals surface area contributed by atoms with E-state index < -0.39 is 86.7 Å². The lowest BCUT2D eigenvalue weighted by atomic mass is 9.83. The van der Waals surface area contributed by atoms with Gasteiger partial charge in [0, 0.05) is 17.9 Å². The quantitative estimate of drug-likeness (QED) is 0.102. The highest BCUT2D eigenvalue weighted by molar-refractivity contribution is 5.90. The second-order valence-electron chi connectivity index (χ2n) is 11.3. The van der Waals surface area contributed by atoms with Crippen LogP contribution in [0.2, 0.25) is 0 Å². The van der Waals surface area contributed by atoms with Gasteiger partial charge in [0.05, 0.1) is 19.3 Å². The number of hydrogen-bond acceptors (Lipinski definition) is 13. The molecular formula is C27H38O13. The summed E-state index contributed by atoms with van der Waals surface area (Å²) in [5.41, 5.74) is 2.06. The van der Waals surface area contributed by atoms with E-state index in [1.165, 1.54) is 0 Å². The van der Waals surface area contributed by atoms with Gasteiger partial charge in [-0.3, -0.25) is 0 Å². The standard InChI is InChI=1S/C27H38O13/c1-9-4-16-14(11(3)25(35)36-16)5-13-10(2)15(6-12(9)13)37-26-23(34)21(32)24(18(8-29)39-26)40-27-22(33)20(31)19(30)17(7-28)38-27/h12-24,26-34H,1-8H2/t12-,13-,14+,15-,16-,17+,18+,19+,20-,21+,22+,23+,24+,26+,27-/m0/s1. The first kappa shape index (κ1) is 29.7. The summed E-state index contributed by atoms with van der Waals surface area (Å²) in [7, 11) is 0. The lowest BCUT2D eigenvalue weighted by Crippen LogP contribution is -2.64. The van der Waals surface area contributed by atoms with E-state index in [1.807, 2.05) is 0 Å². The fraction of sp³-hybridized carbons (Fsp3) is 0.741. The zero-order valence-corrected chi connectivity index (χ0v) is 21.9. The Morgan fingerprint density at radius 3 is 2.05 bits per heavy atom. The molecule has 5 aliphatic rings. The Hall–Kier alpha value is -1.75. The molecule has 3 heterocycles. The maximum atomic E-state index is 12.1. The van der Waals surface area contributed by atoms with Gasteiger partial charge in [-0.25, -0.2) is 4.79 Å². The van der Waals surface area contributed by atoms with Crippen LogP contribution in [0.15, 0.2) is 36.5 Å². The molecule has 2 aliphatic carbocycles. The number of carbonyl (C=O) groups is 1. The first-order chi connectivity index (χ1) is 19.0. The second kappa shape index (κ2) is 11.5. The molecule has 0 aromatic carbocycles. The van der Waals surface area contributed by atoms with Crippen LogP contribution in [0.3, 0.4) is 0 Å². The highest BCUT2D eigenvalue weighted by atomic mass is 16.7. The Morgan fingerprint density at radius 1 is 0.750 bits per heavy atom. The maximum Gasteiger partial charge on any atom is 0.334 e. The van der Waals surface area contributed by atoms with E-state index >= 15 is 0 Å². The van der Waals surface area contributed by atoms with Gasteiger partial charge in [-0.1, -0.05) is 25.3 Å². The molecule has 7 N–H and O–H groups in total. The minimum atomic E-state index is -1.76. The van der Waals surface area contributed by atoms with Crippen molar-refractivity contribution in [1.29, 1.82) is 0 Å². The van der Waals surface area contributed by atoms with Crippen molar-refractivity contribution in [2.75, 3.05) is 13.2 Å². The van der Waals surface area contributed by atoms with Crippen LogP contribution in [0.25, 0.3) is 0 Å². The number of esters is 1. The van der Waals surface area contributed by atoms with Crippen LogP contribution in [0, 0.1) is 17.8 Å². The molecule has 0 spiro atoms. The molecule has 40 heavy (non-hydrogen) atoms. The van der Waals surface area contributed by atoms with E-state index in [1.54, 1.807) is 0 Å². The molecule has 3 saturated heterocycles. The van der Waals surface area contributed by atoms with Crippen LogP contribution in [0.4, 0.5) is 0 Å². The van der Waals surface area contributed by atoms with Gasteiger partial charge in [-0.15, -0.1) is 0 Å². The van der Waals surface area contributed by atoms with E-state index in [4.69, 9.17) is 23.7 Å². The maximum absolute atomic E-state index is 12.1. The van der Waals surface area contributed by atoms with Crippen LogP contribution in [0.5, 0.6) is 0 Å². The largest absolute Gasteiger partial charge is 0.458 e. The fourth-order valence-corrected chi connectivity index (χ4v) is 6.62. The minimum Gasteiger partial charge on any atom is -0.458 e. The van der Waals surface area contributed by atoms with Crippen molar-refractivity contribution in [3.8, 4) is 0 Å². The van der Waals surface area contributed by atoms with Gasteiger partial charge >= 0.3 is 5.97 Å². The lowest BCUT2D eigenvalue weighted by Gasteiger charge is -2.46. The average molecular weight is 571 g/mol. The van der Waals surface area contributed by atoms with Gasteiger partial charge in [-0.05, 0) is 30.3 Å². The first-order valence-corrected chi connectivity index (χ1v) is 13.5. The van der Waals surface area contributed by atoms with Crippen molar-refractivity contribution in [1.82, 2.24) is 0 Å². The molecule has 0 bridgehead atoms. The summed E-state index contributed by atoms with van der Waals surface area (Å²) in [6.07, 6.45) is -14.6. The van der Waals surface area contributed by atoms with Crippen molar-refractivity contribution >= 4 is 5.97 Å². The van der Waals surface area contributed by atoms with Crippen molar-refractivity contribution in [2.24, 2.45) is 17.8 Å². The van der Waals surface area contributed by atoms with E-state index in [0.717, 1.165) is 11.1 Å². The summed E-state index contributed by atoms with van der Waals surface area (Å²) < 4.78 is 28.3. The van der Waals surface area contributed by atoms with Gasteiger partial charge < -0.3 is 59.4 Å². The average Bonchev–Trinajstić information content (AvgIpc) is 3.33. The van der Waals surface area contributed by atoms with Crippen molar-refractivity contribution < 1.29 is 64.2 Å². The zero-order valence-electron chi connectivity index (χ0n) is 21.9. The number of ether oxygens (including phenoxy) is 5. The highest BCUT2D eigenvalue weighted by Crippen LogP contribution is 2.52. The van der Waals surface area contributed by atoms with Crippen LogP contribution in [0.1, 0.15) is 19.3 Å². The molecule has 13 nitrogen and oxygen atoms in total. The van der Waals surface area contributed by atoms with Gasteiger partial charge in [0.15, 0.2) is 12.6 Å². The topological polar surface area (TPSA) is 205 Å². The predicted octanol–water partition coefficient (Wildman–Crippen LogP) is -2.36. The number of rotatable bonds is 6. The van der Waals surface area contributed by atoms with E-state index in [-0.39, 0.29) is 23.9 Å². The molecule has 15 atom stereocenters. The van der Waals surface area contributed by atoms with Crippen LogP contribution in [-0.2, 0) is 28.5 Å². The Morgan fingerprint density at radius 2 is 1.38 bits per heavy atom. The molecule has 3 aliphatic heterocycles. The van der Waals surface area contributed by atoms with Crippen LogP contribution < -0.4 is 0 Å². The highest BCUT2D eigenvalue weighted by Gasteiger charge is 2.53. The predicted molar refractivity (Wildman–Crippen MR) is 133 cm³/mol. The number of carbonyl (C=O) groups excluding carboxylic acids is 1. The third-order valence-electron chi connectivity index (χ3n) is 9.01. The molecular weight excluding hydrogens is 532 g/mol. The molecule has 0 aromatic rings. The molecule has 0 aromatic heterocycles. The normalized spacial score (nSPS) is 49.4. The van der Waals surface area contributed by atoms with E-state index in [2.05, 4.69) is 19.7 Å². The Balaban J connectivity index is 1.26. The summed E-state index contributed by atoms with van der Waals surface area (Å²) >= 11 is 0. The molecule has 5 fully saturated rings. The van der Waals surface area contributed by atoms with Gasteiger partial charge in [0.2, 0.25) is 0 Å². The number of aliphatic hydroxyl groups is 7. The van der Waals surface area contributed by atoms with Gasteiger partial charge in [0.1, 0.15) is 54.9 Å². The van der Waals surface area contributed by atoms with Gasteiger partial charge in [0.25, 0.3) is 0 Å². The number of hydrogen-bond donors (Lipinski definition) is 7. The van der Waals surface area contributed by atoms with Gasteiger partial charge in [-0.2, -0.15) is 0 Å². The molecule has 2 saturated carbocycles. The summed E-state index contributed by atoms with van der Waals surface area (Å²) in [5.74, 6) is -0.635. The second-order valence-corrected chi connectivity index (χ2v) is 11.3. The Kier molecular flexibility index (Phi) is 8.55. The molecule has 0 unspecified atom stereocenters. The smallest absolute Gasteiger partial charge is 0.334 e. The third kappa shape index (κ3) is 5.07.